The fraction of sp³-hybridized carbons (Fsp3) is 0.727. The fourth-order valence-corrected chi connectivity index (χ4v) is 4.67. The number of terminal acetylenes is 1. The lowest BCUT2D eigenvalue weighted by atomic mass is 9.70. The number of amides is 4. The summed E-state index contributed by atoms with van der Waals surface area (Å²) in [6, 6.07) is -2.85. The Bertz CT molecular complexity index is 708. The number of urea groups is 1. The van der Waals surface area contributed by atoms with E-state index in [-0.39, 0.29) is 17.6 Å². The average molecular weight is 419 g/mol. The van der Waals surface area contributed by atoms with Crippen molar-refractivity contribution in [2.24, 2.45) is 11.1 Å². The van der Waals surface area contributed by atoms with E-state index in [1.165, 1.54) is 11.8 Å². The Morgan fingerprint density at radius 3 is 2.40 bits per heavy atom. The van der Waals surface area contributed by atoms with Gasteiger partial charge in [0, 0.05) is 13.0 Å². The first-order chi connectivity index (χ1) is 14.2. The molecule has 3 atom stereocenters. The van der Waals surface area contributed by atoms with Crippen molar-refractivity contribution >= 4 is 23.6 Å². The molecular formula is C22H34N4O4. The highest BCUT2D eigenvalue weighted by Gasteiger charge is 2.46. The van der Waals surface area contributed by atoms with Crippen molar-refractivity contribution in [2.75, 3.05) is 6.54 Å². The SMILES string of the molecule is C#CCCC(NC(=O)C1CCCN1C(=O)C(NC(N)=O)C1(C)CCCCC1)C(C)=O. The van der Waals surface area contributed by atoms with Crippen LogP contribution >= 0.6 is 0 Å². The molecule has 1 aliphatic heterocycles. The van der Waals surface area contributed by atoms with Gasteiger partial charge in [0.2, 0.25) is 11.8 Å². The number of nitrogens with one attached hydrogen (secondary N) is 2. The molecule has 30 heavy (non-hydrogen) atoms. The number of hydrogen-bond donors (Lipinski definition) is 3. The first-order valence-electron chi connectivity index (χ1n) is 10.8. The number of primary amides is 1. The van der Waals surface area contributed by atoms with Crippen molar-refractivity contribution in [3.05, 3.63) is 0 Å². The Balaban J connectivity index is 2.17. The smallest absolute Gasteiger partial charge is 0.312 e. The van der Waals surface area contributed by atoms with Gasteiger partial charge in [-0.3, -0.25) is 14.4 Å². The molecule has 0 aromatic heterocycles. The molecular weight excluding hydrogens is 384 g/mol. The van der Waals surface area contributed by atoms with Gasteiger partial charge in [0.1, 0.15) is 12.1 Å². The van der Waals surface area contributed by atoms with E-state index in [2.05, 4.69) is 16.6 Å². The number of rotatable bonds is 8. The van der Waals surface area contributed by atoms with Crippen LogP contribution in [0.5, 0.6) is 0 Å². The quantitative estimate of drug-likeness (QED) is 0.517. The number of Topliss-reactive ketones (excluding diaryl/α,β-unsaturated/α-hetero) is 1. The second-order valence-electron chi connectivity index (χ2n) is 8.76. The van der Waals surface area contributed by atoms with Crippen molar-refractivity contribution < 1.29 is 19.2 Å². The summed E-state index contributed by atoms with van der Waals surface area (Å²) in [5.41, 5.74) is 4.98. The lowest BCUT2D eigenvalue weighted by Crippen LogP contribution is -2.60. The molecule has 0 aromatic carbocycles. The molecule has 3 unspecified atom stereocenters. The summed E-state index contributed by atoms with van der Waals surface area (Å²) in [4.78, 5) is 51.5. The maximum absolute atomic E-state index is 13.5. The van der Waals surface area contributed by atoms with Crippen LogP contribution in [0.25, 0.3) is 0 Å². The van der Waals surface area contributed by atoms with Crippen molar-refractivity contribution in [1.29, 1.82) is 0 Å². The summed E-state index contributed by atoms with van der Waals surface area (Å²) in [6.45, 7) is 3.84. The van der Waals surface area contributed by atoms with Crippen molar-refractivity contribution in [3.8, 4) is 12.3 Å². The van der Waals surface area contributed by atoms with Gasteiger partial charge in [-0.2, -0.15) is 0 Å². The molecule has 0 aromatic rings. The van der Waals surface area contributed by atoms with Crippen LogP contribution in [-0.2, 0) is 14.4 Å². The number of nitrogens with two attached hydrogens (primary N) is 1. The molecule has 166 valence electrons. The number of carbonyl (C=O) groups excluding carboxylic acids is 4. The lowest BCUT2D eigenvalue weighted by Gasteiger charge is -2.42. The molecule has 0 spiro atoms. The molecule has 8 heteroatoms. The highest BCUT2D eigenvalue weighted by Crippen LogP contribution is 2.40. The Kier molecular flexibility index (Phi) is 8.27. The zero-order chi connectivity index (χ0) is 22.3. The van der Waals surface area contributed by atoms with Crippen LogP contribution in [0.2, 0.25) is 0 Å². The van der Waals surface area contributed by atoms with E-state index in [1.807, 2.05) is 6.92 Å². The van der Waals surface area contributed by atoms with Gasteiger partial charge >= 0.3 is 6.03 Å². The third-order valence-electron chi connectivity index (χ3n) is 6.45. The lowest BCUT2D eigenvalue weighted by molar-refractivity contribution is -0.143. The topological polar surface area (TPSA) is 122 Å². The Labute approximate surface area is 178 Å². The van der Waals surface area contributed by atoms with Crippen molar-refractivity contribution in [3.63, 3.8) is 0 Å². The predicted octanol–water partition coefficient (Wildman–Crippen LogP) is 1.47. The zero-order valence-electron chi connectivity index (χ0n) is 18.0. The molecule has 2 fully saturated rings. The van der Waals surface area contributed by atoms with Gasteiger partial charge in [0.25, 0.3) is 0 Å². The van der Waals surface area contributed by atoms with Crippen LogP contribution < -0.4 is 16.4 Å². The number of ketones is 1. The molecule has 2 aliphatic rings. The standard InChI is InChI=1S/C22H34N4O4/c1-4-5-10-16(15(2)27)24-19(28)17-11-9-14-26(17)20(29)18(25-21(23)30)22(3)12-7-6-8-13-22/h1,16-18H,5-14H2,2-3H3,(H,24,28)(H3,23,25,30). The first-order valence-corrected chi connectivity index (χ1v) is 10.8. The number of likely N-dealkylation sites (tertiary alicyclic amines) is 1. The highest BCUT2D eigenvalue weighted by atomic mass is 16.2. The van der Waals surface area contributed by atoms with Crippen LogP contribution in [0.15, 0.2) is 0 Å². The number of hydrogen-bond acceptors (Lipinski definition) is 4. The second kappa shape index (κ2) is 10.5. The molecule has 8 nitrogen and oxygen atoms in total. The van der Waals surface area contributed by atoms with E-state index in [4.69, 9.17) is 12.2 Å². The van der Waals surface area contributed by atoms with Gasteiger partial charge in [0.15, 0.2) is 5.78 Å². The van der Waals surface area contributed by atoms with Crippen LogP contribution in [0, 0.1) is 17.8 Å². The normalized spacial score (nSPS) is 22.4. The zero-order valence-corrected chi connectivity index (χ0v) is 18.0. The van der Waals surface area contributed by atoms with Crippen LogP contribution in [0.4, 0.5) is 4.79 Å². The third-order valence-corrected chi connectivity index (χ3v) is 6.45. The van der Waals surface area contributed by atoms with Crippen LogP contribution in [0.3, 0.4) is 0 Å². The molecule has 1 heterocycles. The van der Waals surface area contributed by atoms with Crippen LogP contribution in [0.1, 0.15) is 71.6 Å². The van der Waals surface area contributed by atoms with Gasteiger partial charge in [-0.05, 0) is 44.4 Å². The van der Waals surface area contributed by atoms with Gasteiger partial charge in [-0.15, -0.1) is 12.3 Å². The molecule has 1 saturated carbocycles. The monoisotopic (exact) mass is 418 g/mol. The third kappa shape index (κ3) is 5.74. The molecule has 1 saturated heterocycles. The minimum absolute atomic E-state index is 0.169. The summed E-state index contributed by atoms with van der Waals surface area (Å²) >= 11 is 0. The van der Waals surface area contributed by atoms with E-state index in [0.29, 0.717) is 32.2 Å². The van der Waals surface area contributed by atoms with Gasteiger partial charge in [-0.1, -0.05) is 26.2 Å². The molecule has 1 aliphatic carbocycles. The molecule has 4 amide bonds. The summed E-state index contributed by atoms with van der Waals surface area (Å²) in [6.07, 6.45) is 11.9. The Morgan fingerprint density at radius 2 is 1.83 bits per heavy atom. The van der Waals surface area contributed by atoms with E-state index in [9.17, 15) is 19.2 Å². The Morgan fingerprint density at radius 1 is 1.17 bits per heavy atom. The summed E-state index contributed by atoms with van der Waals surface area (Å²) in [5, 5.41) is 5.41. The molecule has 4 N–H and O–H groups in total. The first kappa shape index (κ1) is 23.7. The van der Waals surface area contributed by atoms with Gasteiger partial charge in [-0.25, -0.2) is 4.79 Å². The predicted molar refractivity (Wildman–Crippen MR) is 113 cm³/mol. The van der Waals surface area contributed by atoms with E-state index >= 15 is 0 Å². The fourth-order valence-electron chi connectivity index (χ4n) is 4.67. The van der Waals surface area contributed by atoms with Crippen LogP contribution in [-0.4, -0.2) is 53.2 Å². The summed E-state index contributed by atoms with van der Waals surface area (Å²) in [7, 11) is 0. The number of nitrogens with zero attached hydrogens (tertiary/aromatic N) is 1. The van der Waals surface area contributed by atoms with Gasteiger partial charge in [0.05, 0.1) is 6.04 Å². The minimum Gasteiger partial charge on any atom is -0.352 e. The maximum Gasteiger partial charge on any atom is 0.312 e. The molecule has 2 rings (SSSR count). The summed E-state index contributed by atoms with van der Waals surface area (Å²) < 4.78 is 0. The number of carbonyl (C=O) groups is 4. The van der Waals surface area contributed by atoms with E-state index < -0.39 is 29.6 Å². The van der Waals surface area contributed by atoms with E-state index in [0.717, 1.165) is 32.1 Å². The average Bonchev–Trinajstić information content (AvgIpc) is 3.19. The van der Waals surface area contributed by atoms with Crippen molar-refractivity contribution in [2.45, 2.75) is 89.8 Å². The van der Waals surface area contributed by atoms with E-state index in [1.54, 1.807) is 0 Å². The summed E-state index contributed by atoms with van der Waals surface area (Å²) in [5.74, 6) is 1.67. The molecule has 0 radical (unpaired) electrons. The molecule has 0 bridgehead atoms. The van der Waals surface area contributed by atoms with Gasteiger partial charge < -0.3 is 21.3 Å². The second-order valence-corrected chi connectivity index (χ2v) is 8.76. The largest absolute Gasteiger partial charge is 0.352 e. The highest BCUT2D eigenvalue weighted by molar-refractivity contribution is 5.94. The van der Waals surface area contributed by atoms with Crippen molar-refractivity contribution in [1.82, 2.24) is 15.5 Å². The Hall–Kier alpha value is -2.56. The minimum atomic E-state index is -0.770. The maximum atomic E-state index is 13.5.